The van der Waals surface area contributed by atoms with Crippen LogP contribution in [0.15, 0.2) is 59.5 Å². The van der Waals surface area contributed by atoms with Crippen LogP contribution in [0.2, 0.25) is 0 Å². The predicted octanol–water partition coefficient (Wildman–Crippen LogP) is 3.33. The van der Waals surface area contributed by atoms with E-state index in [0.29, 0.717) is 23.4 Å². The second-order valence-electron chi connectivity index (χ2n) is 6.58. The van der Waals surface area contributed by atoms with Gasteiger partial charge >= 0.3 is 0 Å². The summed E-state index contributed by atoms with van der Waals surface area (Å²) in [5.41, 5.74) is 0.825. The molecule has 5 heteroatoms. The first-order valence-corrected chi connectivity index (χ1v) is 10.1. The lowest BCUT2D eigenvalue weighted by Crippen LogP contribution is -2.36. The van der Waals surface area contributed by atoms with Crippen molar-refractivity contribution in [1.82, 2.24) is 0 Å². The highest BCUT2D eigenvalue weighted by atomic mass is 32.2. The minimum absolute atomic E-state index is 0.164. The molecule has 4 nitrogen and oxygen atoms in total. The third kappa shape index (κ3) is 3.62. The highest BCUT2D eigenvalue weighted by Gasteiger charge is 2.34. The van der Waals surface area contributed by atoms with Gasteiger partial charge in [-0.1, -0.05) is 42.5 Å². The van der Waals surface area contributed by atoms with Gasteiger partial charge in [-0.15, -0.1) is 0 Å². The number of hydrogen-bond donors (Lipinski definition) is 2. The highest BCUT2D eigenvalue weighted by molar-refractivity contribution is 7.90. The van der Waals surface area contributed by atoms with Gasteiger partial charge in [-0.3, -0.25) is 0 Å². The molecule has 0 bridgehead atoms. The molecule has 0 heterocycles. The fourth-order valence-electron chi connectivity index (χ4n) is 3.41. The molecular formula is C19H23NO3S. The van der Waals surface area contributed by atoms with Gasteiger partial charge in [-0.05, 0) is 43.4 Å². The first-order valence-electron chi connectivity index (χ1n) is 8.22. The number of aliphatic hydroxyl groups is 1. The predicted molar refractivity (Wildman–Crippen MR) is 95.8 cm³/mol. The van der Waals surface area contributed by atoms with Gasteiger partial charge in [0, 0.05) is 12.3 Å². The normalized spacial score (nSPS) is 24.5. The van der Waals surface area contributed by atoms with Crippen LogP contribution >= 0.6 is 0 Å². The zero-order valence-electron chi connectivity index (χ0n) is 13.8. The van der Waals surface area contributed by atoms with Crippen molar-refractivity contribution in [3.05, 3.63) is 60.2 Å². The van der Waals surface area contributed by atoms with E-state index < -0.39 is 15.4 Å². The van der Waals surface area contributed by atoms with Crippen molar-refractivity contribution in [2.75, 3.05) is 11.6 Å². The minimum Gasteiger partial charge on any atom is -0.385 e. The number of nitrogens with one attached hydrogen (secondary N) is 1. The van der Waals surface area contributed by atoms with Crippen molar-refractivity contribution in [3.63, 3.8) is 0 Å². The zero-order chi connectivity index (χ0) is 17.2. The van der Waals surface area contributed by atoms with Gasteiger partial charge in [0.25, 0.3) is 0 Å². The largest absolute Gasteiger partial charge is 0.385 e. The van der Waals surface area contributed by atoms with Crippen molar-refractivity contribution in [2.45, 2.75) is 42.2 Å². The standard InChI is InChI=1S/C19H23NO3S/c1-24(22,23)18-10-6-5-9-17(18)20-16-11-13-19(21,14-12-16)15-7-3-2-4-8-15/h2-10,16,20-21H,11-14H2,1H3. The maximum Gasteiger partial charge on any atom is 0.177 e. The molecule has 0 saturated heterocycles. The molecule has 0 unspecified atom stereocenters. The number of rotatable bonds is 4. The smallest absolute Gasteiger partial charge is 0.177 e. The summed E-state index contributed by atoms with van der Waals surface area (Å²) in [7, 11) is -3.26. The molecule has 1 saturated carbocycles. The number of sulfone groups is 1. The van der Waals surface area contributed by atoms with Crippen LogP contribution in [-0.2, 0) is 15.4 Å². The summed E-state index contributed by atoms with van der Waals surface area (Å²) in [5.74, 6) is 0. The minimum atomic E-state index is -3.26. The number of anilines is 1. The Hall–Kier alpha value is -1.85. The molecule has 2 aromatic carbocycles. The van der Waals surface area contributed by atoms with Gasteiger partial charge in [0.1, 0.15) is 0 Å². The van der Waals surface area contributed by atoms with Crippen molar-refractivity contribution >= 4 is 15.5 Å². The van der Waals surface area contributed by atoms with Crippen LogP contribution in [0.1, 0.15) is 31.2 Å². The van der Waals surface area contributed by atoms with Crippen LogP contribution < -0.4 is 5.32 Å². The van der Waals surface area contributed by atoms with Gasteiger partial charge in [0.05, 0.1) is 16.2 Å². The third-order valence-corrected chi connectivity index (χ3v) is 5.92. The van der Waals surface area contributed by atoms with E-state index in [1.807, 2.05) is 36.4 Å². The molecule has 128 valence electrons. The zero-order valence-corrected chi connectivity index (χ0v) is 14.6. The Morgan fingerprint density at radius 2 is 1.58 bits per heavy atom. The maximum atomic E-state index is 11.9. The number of benzene rings is 2. The van der Waals surface area contributed by atoms with Crippen LogP contribution in [-0.4, -0.2) is 25.8 Å². The van der Waals surface area contributed by atoms with E-state index in [9.17, 15) is 13.5 Å². The van der Waals surface area contributed by atoms with Gasteiger partial charge < -0.3 is 10.4 Å². The second kappa shape index (κ2) is 6.57. The van der Waals surface area contributed by atoms with E-state index in [1.165, 1.54) is 6.26 Å². The SMILES string of the molecule is CS(=O)(=O)c1ccccc1NC1CCC(O)(c2ccccc2)CC1. The molecular weight excluding hydrogens is 322 g/mol. The molecule has 3 rings (SSSR count). The molecule has 1 aliphatic rings. The Morgan fingerprint density at radius 3 is 2.21 bits per heavy atom. The van der Waals surface area contributed by atoms with Crippen LogP contribution in [0.3, 0.4) is 0 Å². The van der Waals surface area contributed by atoms with E-state index in [-0.39, 0.29) is 6.04 Å². The van der Waals surface area contributed by atoms with Gasteiger partial charge in [-0.2, -0.15) is 0 Å². The summed E-state index contributed by atoms with van der Waals surface area (Å²) in [4.78, 5) is 0.328. The highest BCUT2D eigenvalue weighted by Crippen LogP contribution is 2.38. The topological polar surface area (TPSA) is 66.4 Å². The first kappa shape index (κ1) is 17.0. The molecule has 1 aliphatic carbocycles. The second-order valence-corrected chi connectivity index (χ2v) is 8.57. The van der Waals surface area contributed by atoms with Crippen LogP contribution in [0.5, 0.6) is 0 Å². The number of para-hydroxylation sites is 1. The Bertz CT molecular complexity index is 794. The number of hydrogen-bond acceptors (Lipinski definition) is 4. The van der Waals surface area contributed by atoms with Gasteiger partial charge in [0.15, 0.2) is 9.84 Å². The lowest BCUT2D eigenvalue weighted by Gasteiger charge is -2.37. The summed E-state index contributed by atoms with van der Waals surface area (Å²) in [5, 5.41) is 14.2. The molecule has 2 N–H and O–H groups in total. The molecule has 0 spiro atoms. The van der Waals surface area contributed by atoms with Crippen molar-refractivity contribution in [3.8, 4) is 0 Å². The van der Waals surface area contributed by atoms with Crippen LogP contribution in [0, 0.1) is 0 Å². The third-order valence-electron chi connectivity index (χ3n) is 4.77. The Balaban J connectivity index is 1.71. The molecule has 2 aromatic rings. The summed E-state index contributed by atoms with van der Waals surface area (Å²) >= 11 is 0. The molecule has 0 radical (unpaired) electrons. The van der Waals surface area contributed by atoms with Gasteiger partial charge in [0.2, 0.25) is 0 Å². The molecule has 0 aromatic heterocycles. The lowest BCUT2D eigenvalue weighted by atomic mass is 9.78. The Kier molecular flexibility index (Phi) is 4.65. The summed E-state index contributed by atoms with van der Waals surface area (Å²) in [6.07, 6.45) is 4.14. The van der Waals surface area contributed by atoms with E-state index in [1.54, 1.807) is 18.2 Å². The quantitative estimate of drug-likeness (QED) is 0.892. The van der Waals surface area contributed by atoms with E-state index in [2.05, 4.69) is 5.32 Å². The van der Waals surface area contributed by atoms with Crippen LogP contribution in [0.25, 0.3) is 0 Å². The monoisotopic (exact) mass is 345 g/mol. The van der Waals surface area contributed by atoms with Crippen molar-refractivity contribution in [1.29, 1.82) is 0 Å². The van der Waals surface area contributed by atoms with Crippen LogP contribution in [0.4, 0.5) is 5.69 Å². The summed E-state index contributed by atoms with van der Waals surface area (Å²) < 4.78 is 23.8. The fourth-order valence-corrected chi connectivity index (χ4v) is 4.26. The first-order chi connectivity index (χ1) is 11.4. The lowest BCUT2D eigenvalue weighted by molar-refractivity contribution is -0.00332. The molecule has 24 heavy (non-hydrogen) atoms. The van der Waals surface area contributed by atoms with Crippen molar-refractivity contribution < 1.29 is 13.5 Å². The summed E-state index contributed by atoms with van der Waals surface area (Å²) in [6.45, 7) is 0. The fraction of sp³-hybridized carbons (Fsp3) is 0.368. The van der Waals surface area contributed by atoms with Crippen molar-refractivity contribution in [2.24, 2.45) is 0 Å². The van der Waals surface area contributed by atoms with Gasteiger partial charge in [-0.25, -0.2) is 8.42 Å². The average Bonchev–Trinajstić information content (AvgIpc) is 2.57. The molecule has 1 fully saturated rings. The Labute approximate surface area is 143 Å². The van der Waals surface area contributed by atoms with E-state index >= 15 is 0 Å². The average molecular weight is 345 g/mol. The van der Waals surface area contributed by atoms with E-state index in [0.717, 1.165) is 18.4 Å². The molecule has 0 amide bonds. The molecule has 0 aliphatic heterocycles. The Morgan fingerprint density at radius 1 is 1.00 bits per heavy atom. The maximum absolute atomic E-state index is 11.9. The molecule has 0 atom stereocenters. The summed E-state index contributed by atoms with van der Waals surface area (Å²) in [6, 6.07) is 16.9. The van der Waals surface area contributed by atoms with E-state index in [4.69, 9.17) is 0 Å².